The van der Waals surface area contributed by atoms with Gasteiger partial charge >= 0.3 is 0 Å². The smallest absolute Gasteiger partial charge is 0.233 e. The number of quaternary nitrogens is 1. The lowest BCUT2D eigenvalue weighted by Crippen LogP contribution is -2.47. The van der Waals surface area contributed by atoms with Gasteiger partial charge in [-0.05, 0) is 19.3 Å². The fourth-order valence-corrected chi connectivity index (χ4v) is 4.40. The molecule has 3 atom stereocenters. The van der Waals surface area contributed by atoms with Crippen molar-refractivity contribution in [1.82, 2.24) is 4.90 Å². The van der Waals surface area contributed by atoms with Crippen molar-refractivity contribution in [3.05, 3.63) is 0 Å². The molecule has 1 saturated carbocycles. The summed E-state index contributed by atoms with van der Waals surface area (Å²) in [5, 5.41) is 0.0658. The Morgan fingerprint density at radius 2 is 1.80 bits per heavy atom. The third-order valence-electron chi connectivity index (χ3n) is 5.46. The zero-order chi connectivity index (χ0) is 14.3. The topological polar surface area (TPSA) is 37.4 Å². The highest BCUT2D eigenvalue weighted by Crippen LogP contribution is 2.39. The summed E-state index contributed by atoms with van der Waals surface area (Å²) in [6.45, 7) is 3.84. The molecule has 3 rings (SSSR count). The SMILES string of the molecule is C[N+]1(CCN2C(=O)C3CCC(Cl)CC3C2=O)CCCC1. The Labute approximate surface area is 125 Å². The van der Waals surface area contributed by atoms with Crippen LogP contribution in [0.2, 0.25) is 0 Å². The Morgan fingerprint density at radius 1 is 1.15 bits per heavy atom. The van der Waals surface area contributed by atoms with Crippen LogP contribution in [0.1, 0.15) is 32.1 Å². The average molecular weight is 300 g/mol. The number of fused-ring (bicyclic) bond motifs is 1. The van der Waals surface area contributed by atoms with E-state index in [1.807, 2.05) is 0 Å². The lowest BCUT2D eigenvalue weighted by Gasteiger charge is -2.30. The third-order valence-corrected chi connectivity index (χ3v) is 5.86. The van der Waals surface area contributed by atoms with Gasteiger partial charge in [0.25, 0.3) is 0 Å². The maximum absolute atomic E-state index is 12.4. The molecule has 5 heteroatoms. The Balaban J connectivity index is 1.65. The minimum Gasteiger partial charge on any atom is -0.325 e. The maximum atomic E-state index is 12.4. The average Bonchev–Trinajstić information content (AvgIpc) is 2.93. The van der Waals surface area contributed by atoms with Crippen LogP contribution in [0.5, 0.6) is 0 Å². The predicted octanol–water partition coefficient (Wildman–Crippen LogP) is 1.62. The van der Waals surface area contributed by atoms with Gasteiger partial charge in [0.1, 0.15) is 0 Å². The molecule has 3 aliphatic rings. The van der Waals surface area contributed by atoms with Gasteiger partial charge in [0, 0.05) is 18.2 Å². The first kappa shape index (κ1) is 14.3. The number of carbonyl (C=O) groups is 2. The first-order valence-corrected chi connectivity index (χ1v) is 8.27. The molecule has 0 aromatic heterocycles. The van der Waals surface area contributed by atoms with Crippen LogP contribution in [0.25, 0.3) is 0 Å². The number of carbonyl (C=O) groups excluding carboxylic acids is 2. The molecule has 3 fully saturated rings. The molecule has 0 radical (unpaired) electrons. The van der Waals surface area contributed by atoms with E-state index in [9.17, 15) is 9.59 Å². The number of halogens is 1. The number of likely N-dealkylation sites (tertiary alicyclic amines) is 2. The normalized spacial score (nSPS) is 36.5. The van der Waals surface area contributed by atoms with Crippen LogP contribution >= 0.6 is 11.6 Å². The van der Waals surface area contributed by atoms with E-state index in [0.717, 1.165) is 23.9 Å². The van der Waals surface area contributed by atoms with Crippen molar-refractivity contribution >= 4 is 23.4 Å². The fraction of sp³-hybridized carbons (Fsp3) is 0.867. The fourth-order valence-electron chi connectivity index (χ4n) is 4.08. The van der Waals surface area contributed by atoms with Gasteiger partial charge in [-0.2, -0.15) is 0 Å². The van der Waals surface area contributed by atoms with Crippen molar-refractivity contribution in [2.75, 3.05) is 33.2 Å². The van der Waals surface area contributed by atoms with Gasteiger partial charge in [-0.3, -0.25) is 14.5 Å². The molecule has 1 aliphatic carbocycles. The predicted molar refractivity (Wildman–Crippen MR) is 77.2 cm³/mol. The van der Waals surface area contributed by atoms with E-state index in [-0.39, 0.29) is 29.0 Å². The molecule has 20 heavy (non-hydrogen) atoms. The zero-order valence-electron chi connectivity index (χ0n) is 12.2. The molecule has 112 valence electrons. The highest BCUT2D eigenvalue weighted by atomic mass is 35.5. The standard InChI is InChI=1S/C15H24ClN2O2/c1-18(7-2-3-8-18)9-6-17-14(19)12-5-4-11(16)10-13(12)15(17)20/h11-13H,2-10H2,1H3/q+1. The molecule has 2 amide bonds. The number of imide groups is 1. The first-order valence-electron chi connectivity index (χ1n) is 7.83. The Morgan fingerprint density at radius 3 is 2.50 bits per heavy atom. The van der Waals surface area contributed by atoms with Gasteiger partial charge in [-0.1, -0.05) is 0 Å². The number of alkyl halides is 1. The summed E-state index contributed by atoms with van der Waals surface area (Å²) in [5.41, 5.74) is 0. The van der Waals surface area contributed by atoms with Crippen molar-refractivity contribution in [2.45, 2.75) is 37.5 Å². The summed E-state index contributed by atoms with van der Waals surface area (Å²) in [5.74, 6) is -0.116. The van der Waals surface area contributed by atoms with E-state index in [1.54, 1.807) is 0 Å². The Kier molecular flexibility index (Phi) is 3.80. The second-order valence-electron chi connectivity index (χ2n) is 6.95. The van der Waals surface area contributed by atoms with Gasteiger partial charge in [0.05, 0.1) is 45.1 Å². The second kappa shape index (κ2) is 5.30. The molecular weight excluding hydrogens is 276 g/mol. The van der Waals surface area contributed by atoms with E-state index < -0.39 is 0 Å². The lowest BCUT2D eigenvalue weighted by molar-refractivity contribution is -0.896. The molecule has 0 spiro atoms. The number of hydrogen-bond acceptors (Lipinski definition) is 2. The van der Waals surface area contributed by atoms with E-state index in [4.69, 9.17) is 11.6 Å². The summed E-state index contributed by atoms with van der Waals surface area (Å²) in [6.07, 6.45) is 4.85. The van der Waals surface area contributed by atoms with E-state index in [0.29, 0.717) is 13.0 Å². The van der Waals surface area contributed by atoms with E-state index in [2.05, 4.69) is 7.05 Å². The van der Waals surface area contributed by atoms with Gasteiger partial charge in [0.2, 0.25) is 11.8 Å². The molecule has 0 aromatic carbocycles. The van der Waals surface area contributed by atoms with E-state index in [1.165, 1.54) is 30.8 Å². The minimum atomic E-state index is -0.136. The second-order valence-corrected chi connectivity index (χ2v) is 7.57. The van der Waals surface area contributed by atoms with E-state index >= 15 is 0 Å². The minimum absolute atomic E-state index is 0.0381. The van der Waals surface area contributed by atoms with Gasteiger partial charge < -0.3 is 4.48 Å². The van der Waals surface area contributed by atoms with Crippen LogP contribution in [0.15, 0.2) is 0 Å². The number of hydrogen-bond donors (Lipinski definition) is 0. The number of rotatable bonds is 3. The molecular formula is C15H24ClN2O2+. The molecule has 0 N–H and O–H groups in total. The zero-order valence-corrected chi connectivity index (χ0v) is 12.9. The summed E-state index contributed by atoms with van der Waals surface area (Å²) in [4.78, 5) is 26.4. The van der Waals surface area contributed by atoms with Gasteiger partial charge in [-0.25, -0.2) is 0 Å². The summed E-state index contributed by atoms with van der Waals surface area (Å²) in [7, 11) is 2.24. The van der Waals surface area contributed by atoms with Gasteiger partial charge in [0.15, 0.2) is 0 Å². The number of nitrogens with zero attached hydrogens (tertiary/aromatic N) is 2. The summed E-state index contributed by atoms with van der Waals surface area (Å²) in [6, 6.07) is 0. The largest absolute Gasteiger partial charge is 0.325 e. The van der Waals surface area contributed by atoms with Crippen LogP contribution in [-0.2, 0) is 9.59 Å². The van der Waals surface area contributed by atoms with Crippen LogP contribution in [0.3, 0.4) is 0 Å². The van der Waals surface area contributed by atoms with Crippen LogP contribution in [0.4, 0.5) is 0 Å². The van der Waals surface area contributed by atoms with Crippen LogP contribution in [0, 0.1) is 11.8 Å². The van der Waals surface area contributed by atoms with Crippen molar-refractivity contribution < 1.29 is 14.1 Å². The lowest BCUT2D eigenvalue weighted by atomic mass is 9.81. The highest BCUT2D eigenvalue weighted by molar-refractivity contribution is 6.21. The highest BCUT2D eigenvalue weighted by Gasteiger charge is 2.50. The molecule has 2 aliphatic heterocycles. The molecule has 3 unspecified atom stereocenters. The summed E-state index contributed by atoms with van der Waals surface area (Å²) < 4.78 is 1.00. The first-order chi connectivity index (χ1) is 9.50. The van der Waals surface area contributed by atoms with Gasteiger partial charge in [-0.15, -0.1) is 11.6 Å². The van der Waals surface area contributed by atoms with Crippen molar-refractivity contribution in [2.24, 2.45) is 11.8 Å². The monoisotopic (exact) mass is 299 g/mol. The maximum Gasteiger partial charge on any atom is 0.233 e. The van der Waals surface area contributed by atoms with Crippen LogP contribution in [-0.4, -0.2) is 59.8 Å². The molecule has 4 nitrogen and oxygen atoms in total. The molecule has 0 bridgehead atoms. The van der Waals surface area contributed by atoms with Crippen molar-refractivity contribution in [1.29, 1.82) is 0 Å². The Hall–Kier alpha value is -0.610. The number of likely N-dealkylation sites (N-methyl/N-ethyl adjacent to an activating group) is 1. The molecule has 2 heterocycles. The molecule has 0 aromatic rings. The third kappa shape index (κ3) is 2.48. The van der Waals surface area contributed by atoms with Crippen LogP contribution < -0.4 is 0 Å². The number of amides is 2. The quantitative estimate of drug-likeness (QED) is 0.451. The van der Waals surface area contributed by atoms with Crippen molar-refractivity contribution in [3.8, 4) is 0 Å². The molecule has 2 saturated heterocycles. The van der Waals surface area contributed by atoms with Crippen molar-refractivity contribution in [3.63, 3.8) is 0 Å². The Bertz CT molecular complexity index is 420. The summed E-state index contributed by atoms with van der Waals surface area (Å²) >= 11 is 6.16.